The zero-order valence-electron chi connectivity index (χ0n) is 19.2. The van der Waals surface area contributed by atoms with Gasteiger partial charge in [0, 0.05) is 10.6 Å². The minimum atomic E-state index is -0.775. The largest absolute Gasteiger partial charge is 0.463 e. The second-order valence-electron chi connectivity index (χ2n) is 8.03. The lowest BCUT2D eigenvalue weighted by Gasteiger charge is -2.25. The normalized spacial score (nSPS) is 15.4. The standard InChI is InChI=1S/C28H20ClFN2O3S/c1-2-35-27(34)23-24(18-6-4-3-5-7-18)31-28-32(25(23)19-10-12-20(29)13-11-19)26(33)22(36-28)16-17-8-14-21(30)15-9-17/h3-16,25H,2H2,1H3. The van der Waals surface area contributed by atoms with E-state index in [-0.39, 0.29) is 23.6 Å². The van der Waals surface area contributed by atoms with Crippen molar-refractivity contribution in [2.75, 3.05) is 6.61 Å². The molecule has 0 bridgehead atoms. The number of fused-ring (bicyclic) bond motifs is 1. The number of thiazole rings is 1. The maximum absolute atomic E-state index is 13.7. The Bertz CT molecular complexity index is 1640. The summed E-state index contributed by atoms with van der Waals surface area (Å²) in [4.78, 5) is 32.3. The predicted molar refractivity (Wildman–Crippen MR) is 139 cm³/mol. The molecular weight excluding hydrogens is 499 g/mol. The number of benzene rings is 3. The van der Waals surface area contributed by atoms with Gasteiger partial charge in [0.15, 0.2) is 4.80 Å². The first kappa shape index (κ1) is 23.9. The maximum atomic E-state index is 13.7. The van der Waals surface area contributed by atoms with Gasteiger partial charge in [0.1, 0.15) is 5.82 Å². The van der Waals surface area contributed by atoms with Crippen LogP contribution in [0, 0.1) is 5.82 Å². The zero-order chi connectivity index (χ0) is 25.2. The van der Waals surface area contributed by atoms with Crippen molar-refractivity contribution in [1.82, 2.24) is 4.57 Å². The molecule has 8 heteroatoms. The van der Waals surface area contributed by atoms with Crippen LogP contribution >= 0.6 is 22.9 Å². The van der Waals surface area contributed by atoms with Crippen molar-refractivity contribution < 1.29 is 13.9 Å². The Balaban J connectivity index is 1.82. The van der Waals surface area contributed by atoms with Crippen molar-refractivity contribution in [3.8, 4) is 0 Å². The minimum Gasteiger partial charge on any atom is -0.463 e. The number of rotatable bonds is 5. The van der Waals surface area contributed by atoms with Crippen LogP contribution in [-0.4, -0.2) is 17.1 Å². The topological polar surface area (TPSA) is 60.7 Å². The van der Waals surface area contributed by atoms with Gasteiger partial charge in [-0.05, 0) is 48.4 Å². The van der Waals surface area contributed by atoms with Crippen LogP contribution < -0.4 is 14.9 Å². The summed E-state index contributed by atoms with van der Waals surface area (Å²) in [6, 6.07) is 21.5. The molecule has 1 atom stereocenters. The Kier molecular flexibility index (Phi) is 6.67. The number of carbonyl (C=O) groups is 1. The summed E-state index contributed by atoms with van der Waals surface area (Å²) in [5.41, 5.74) is 2.51. The third kappa shape index (κ3) is 4.55. The van der Waals surface area contributed by atoms with E-state index >= 15 is 0 Å². The fraction of sp³-hybridized carbons (Fsp3) is 0.107. The van der Waals surface area contributed by atoms with Crippen molar-refractivity contribution in [3.63, 3.8) is 0 Å². The fourth-order valence-electron chi connectivity index (χ4n) is 4.11. The third-order valence-corrected chi connectivity index (χ3v) is 6.96. The van der Waals surface area contributed by atoms with Gasteiger partial charge in [-0.1, -0.05) is 77.5 Å². The number of nitrogens with zero attached hydrogens (tertiary/aromatic N) is 2. The van der Waals surface area contributed by atoms with E-state index in [0.717, 1.165) is 5.56 Å². The molecule has 3 aromatic carbocycles. The number of halogens is 2. The highest BCUT2D eigenvalue weighted by atomic mass is 35.5. The monoisotopic (exact) mass is 518 g/mol. The van der Waals surface area contributed by atoms with Crippen LogP contribution in [0.1, 0.15) is 29.7 Å². The summed E-state index contributed by atoms with van der Waals surface area (Å²) in [5, 5.41) is 0.535. The van der Waals surface area contributed by atoms with E-state index in [1.165, 1.54) is 28.0 Å². The van der Waals surface area contributed by atoms with Crippen LogP contribution in [0.4, 0.5) is 4.39 Å². The minimum absolute atomic E-state index is 0.173. The second kappa shape index (κ2) is 10.0. The summed E-state index contributed by atoms with van der Waals surface area (Å²) in [5.74, 6) is -0.907. The Morgan fingerprint density at radius 2 is 1.78 bits per heavy atom. The molecule has 0 aliphatic carbocycles. The van der Waals surface area contributed by atoms with Gasteiger partial charge in [-0.15, -0.1) is 0 Å². The first-order valence-corrected chi connectivity index (χ1v) is 12.4. The van der Waals surface area contributed by atoms with Crippen LogP contribution in [0.2, 0.25) is 5.02 Å². The molecule has 0 saturated carbocycles. The van der Waals surface area contributed by atoms with E-state index in [1.807, 2.05) is 30.3 Å². The third-order valence-electron chi connectivity index (χ3n) is 5.73. The smallest absolute Gasteiger partial charge is 0.338 e. The van der Waals surface area contributed by atoms with Crippen LogP contribution in [0.3, 0.4) is 0 Å². The quantitative estimate of drug-likeness (QED) is 0.359. The van der Waals surface area contributed by atoms with Crippen molar-refractivity contribution in [2.24, 2.45) is 4.99 Å². The lowest BCUT2D eigenvalue weighted by molar-refractivity contribution is -0.138. The summed E-state index contributed by atoms with van der Waals surface area (Å²) in [7, 11) is 0. The van der Waals surface area contributed by atoms with Crippen molar-refractivity contribution in [1.29, 1.82) is 0 Å². The Morgan fingerprint density at radius 1 is 1.08 bits per heavy atom. The lowest BCUT2D eigenvalue weighted by atomic mass is 9.93. The molecule has 1 aromatic heterocycles. The zero-order valence-corrected chi connectivity index (χ0v) is 20.7. The van der Waals surface area contributed by atoms with E-state index in [4.69, 9.17) is 21.3 Å². The average Bonchev–Trinajstić information content (AvgIpc) is 3.20. The number of ether oxygens (including phenoxy) is 1. The van der Waals surface area contributed by atoms with Crippen molar-refractivity contribution in [3.05, 3.63) is 132 Å². The van der Waals surface area contributed by atoms with Crippen molar-refractivity contribution in [2.45, 2.75) is 13.0 Å². The van der Waals surface area contributed by atoms with Crippen LogP contribution in [0.15, 0.2) is 94.2 Å². The Morgan fingerprint density at radius 3 is 2.44 bits per heavy atom. The first-order chi connectivity index (χ1) is 17.5. The molecule has 0 spiro atoms. The summed E-state index contributed by atoms with van der Waals surface area (Å²) < 4.78 is 20.8. The van der Waals surface area contributed by atoms with E-state index in [2.05, 4.69) is 0 Å². The fourth-order valence-corrected chi connectivity index (χ4v) is 5.24. The molecule has 0 radical (unpaired) electrons. The number of carbonyl (C=O) groups excluding carboxylic acids is 1. The predicted octanol–water partition coefficient (Wildman–Crippen LogP) is 4.73. The van der Waals surface area contributed by atoms with Crippen LogP contribution in [0.5, 0.6) is 0 Å². The highest BCUT2D eigenvalue weighted by Gasteiger charge is 2.35. The number of hydrogen-bond donors (Lipinski definition) is 0. The molecule has 36 heavy (non-hydrogen) atoms. The molecule has 0 amide bonds. The van der Waals surface area contributed by atoms with E-state index in [9.17, 15) is 14.0 Å². The number of hydrogen-bond acceptors (Lipinski definition) is 5. The SMILES string of the molecule is CCOC(=O)C1=C(c2ccccc2)N=c2sc(=Cc3ccc(F)cc3)c(=O)n2C1c1ccc(Cl)cc1. The van der Waals surface area contributed by atoms with Gasteiger partial charge in [-0.2, -0.15) is 0 Å². The van der Waals surface area contributed by atoms with Crippen molar-refractivity contribution >= 4 is 40.7 Å². The maximum Gasteiger partial charge on any atom is 0.338 e. The van der Waals surface area contributed by atoms with Gasteiger partial charge in [0.05, 0.1) is 28.5 Å². The molecule has 5 nitrogen and oxygen atoms in total. The second-order valence-corrected chi connectivity index (χ2v) is 9.48. The van der Waals surface area contributed by atoms with Gasteiger partial charge < -0.3 is 4.74 Å². The summed E-state index contributed by atoms with van der Waals surface area (Å²) in [6.45, 7) is 1.91. The molecule has 0 N–H and O–H groups in total. The molecule has 4 aromatic rings. The van der Waals surface area contributed by atoms with Crippen LogP contribution in [-0.2, 0) is 9.53 Å². The van der Waals surface area contributed by atoms with E-state index < -0.39 is 12.0 Å². The van der Waals surface area contributed by atoms with Gasteiger partial charge >= 0.3 is 5.97 Å². The van der Waals surface area contributed by atoms with Gasteiger partial charge in [0.2, 0.25) is 0 Å². The van der Waals surface area contributed by atoms with Gasteiger partial charge in [-0.3, -0.25) is 9.36 Å². The number of esters is 1. The molecule has 0 saturated heterocycles. The molecule has 1 unspecified atom stereocenters. The summed E-state index contributed by atoms with van der Waals surface area (Å²) in [6.07, 6.45) is 1.69. The molecule has 0 fully saturated rings. The molecule has 2 heterocycles. The van der Waals surface area contributed by atoms with Gasteiger partial charge in [0.25, 0.3) is 5.56 Å². The molecule has 180 valence electrons. The molecule has 5 rings (SSSR count). The average molecular weight is 519 g/mol. The van der Waals surface area contributed by atoms with Gasteiger partial charge in [-0.25, -0.2) is 14.2 Å². The molecular formula is C28H20ClFN2O3S. The Labute approximate surface area is 215 Å². The first-order valence-electron chi connectivity index (χ1n) is 11.3. The molecule has 1 aliphatic heterocycles. The molecule has 1 aliphatic rings. The van der Waals surface area contributed by atoms with Crippen LogP contribution in [0.25, 0.3) is 11.8 Å². The Hall–Kier alpha value is -3.81. The lowest BCUT2D eigenvalue weighted by Crippen LogP contribution is -2.40. The summed E-state index contributed by atoms with van der Waals surface area (Å²) >= 11 is 7.35. The highest BCUT2D eigenvalue weighted by Crippen LogP contribution is 2.35. The highest BCUT2D eigenvalue weighted by molar-refractivity contribution is 7.07. The van der Waals surface area contributed by atoms with E-state index in [1.54, 1.807) is 49.4 Å². The number of aromatic nitrogens is 1. The van der Waals surface area contributed by atoms with E-state index in [0.29, 0.717) is 31.2 Å².